The highest BCUT2D eigenvalue weighted by atomic mass is 16.2. The minimum absolute atomic E-state index is 0.0138. The molecule has 3 heterocycles. The van der Waals surface area contributed by atoms with Crippen LogP contribution in [0.2, 0.25) is 0 Å². The molecule has 6 heteroatoms. The van der Waals surface area contributed by atoms with E-state index in [0.717, 1.165) is 42.8 Å². The number of amides is 1. The molecule has 0 spiro atoms. The number of carbonyl (C=O) groups excluding carboxylic acids is 1. The fourth-order valence-electron chi connectivity index (χ4n) is 3.24. The van der Waals surface area contributed by atoms with Gasteiger partial charge in [0.25, 0.3) is 5.91 Å². The maximum Gasteiger partial charge on any atom is 0.257 e. The molecule has 1 N–H and O–H groups in total. The number of para-hydroxylation sites is 2. The third kappa shape index (κ3) is 2.40. The van der Waals surface area contributed by atoms with Crippen LogP contribution in [-0.4, -0.2) is 37.1 Å². The van der Waals surface area contributed by atoms with E-state index in [0.29, 0.717) is 5.56 Å². The average molecular weight is 309 g/mol. The van der Waals surface area contributed by atoms with E-state index in [1.165, 1.54) is 0 Å². The largest absolute Gasteiger partial charge is 0.340 e. The summed E-state index contributed by atoms with van der Waals surface area (Å²) < 4.78 is 1.78. The molecule has 1 saturated heterocycles. The third-order valence-corrected chi connectivity index (χ3v) is 4.44. The molecule has 1 unspecified atom stereocenters. The number of aromatic amines is 1. The van der Waals surface area contributed by atoms with Crippen molar-refractivity contribution < 1.29 is 4.79 Å². The lowest BCUT2D eigenvalue weighted by atomic mass is 10.2. The first-order valence-corrected chi connectivity index (χ1v) is 8.04. The van der Waals surface area contributed by atoms with E-state index in [1.807, 2.05) is 42.3 Å². The monoisotopic (exact) mass is 309 g/mol. The Morgan fingerprint density at radius 3 is 3.04 bits per heavy atom. The maximum absolute atomic E-state index is 12.8. The summed E-state index contributed by atoms with van der Waals surface area (Å²) in [6.07, 6.45) is 5.40. The second-order valence-corrected chi connectivity index (χ2v) is 5.88. The number of aryl methyl sites for hydroxylation is 1. The first-order chi connectivity index (χ1) is 11.3. The van der Waals surface area contributed by atoms with Gasteiger partial charge in [0.1, 0.15) is 5.82 Å². The van der Waals surface area contributed by atoms with Gasteiger partial charge in [0, 0.05) is 19.3 Å². The lowest BCUT2D eigenvalue weighted by molar-refractivity contribution is 0.0730. The fraction of sp³-hybridized carbons (Fsp3) is 0.353. The number of imidazole rings is 1. The molecule has 1 aromatic carbocycles. The van der Waals surface area contributed by atoms with Crippen LogP contribution in [-0.2, 0) is 6.54 Å². The van der Waals surface area contributed by atoms with E-state index in [9.17, 15) is 4.79 Å². The molecular formula is C17H19N5O. The average Bonchev–Trinajstić information content (AvgIpc) is 3.30. The lowest BCUT2D eigenvalue weighted by Crippen LogP contribution is -2.30. The second kappa shape index (κ2) is 5.53. The number of nitrogens with one attached hydrogen (secondary N) is 1. The zero-order valence-electron chi connectivity index (χ0n) is 13.1. The van der Waals surface area contributed by atoms with Crippen LogP contribution in [0.3, 0.4) is 0 Å². The van der Waals surface area contributed by atoms with Crippen LogP contribution < -0.4 is 0 Å². The topological polar surface area (TPSA) is 66.8 Å². The van der Waals surface area contributed by atoms with Crippen molar-refractivity contribution in [3.05, 3.63) is 48.0 Å². The van der Waals surface area contributed by atoms with Crippen molar-refractivity contribution in [2.75, 3.05) is 6.54 Å². The smallest absolute Gasteiger partial charge is 0.257 e. The Morgan fingerprint density at radius 1 is 1.39 bits per heavy atom. The van der Waals surface area contributed by atoms with E-state index < -0.39 is 0 Å². The van der Waals surface area contributed by atoms with Crippen LogP contribution in [0.5, 0.6) is 0 Å². The number of aromatic nitrogens is 4. The van der Waals surface area contributed by atoms with Crippen LogP contribution in [0.25, 0.3) is 11.0 Å². The highest BCUT2D eigenvalue weighted by Gasteiger charge is 2.33. The zero-order valence-corrected chi connectivity index (χ0v) is 13.1. The first-order valence-electron chi connectivity index (χ1n) is 8.04. The number of likely N-dealkylation sites (tertiary alicyclic amines) is 1. The van der Waals surface area contributed by atoms with Gasteiger partial charge in [0.05, 0.1) is 28.8 Å². The lowest BCUT2D eigenvalue weighted by Gasteiger charge is -2.22. The Hall–Kier alpha value is -2.63. The summed E-state index contributed by atoms with van der Waals surface area (Å²) in [5, 5.41) is 4.21. The van der Waals surface area contributed by atoms with Gasteiger partial charge in [0.2, 0.25) is 0 Å². The van der Waals surface area contributed by atoms with Gasteiger partial charge in [-0.05, 0) is 31.9 Å². The van der Waals surface area contributed by atoms with Gasteiger partial charge in [0.15, 0.2) is 0 Å². The van der Waals surface area contributed by atoms with Crippen LogP contribution >= 0.6 is 0 Å². The Kier molecular flexibility index (Phi) is 3.37. The molecule has 1 aliphatic rings. The van der Waals surface area contributed by atoms with Crippen molar-refractivity contribution in [1.29, 1.82) is 0 Å². The fourth-order valence-corrected chi connectivity index (χ4v) is 3.24. The van der Waals surface area contributed by atoms with Gasteiger partial charge in [-0.2, -0.15) is 5.10 Å². The SMILES string of the molecule is CCn1cc(C(=O)N2CCCC2c2nc3ccccc3[nH]2)cn1. The molecule has 0 bridgehead atoms. The van der Waals surface area contributed by atoms with Crippen molar-refractivity contribution in [3.8, 4) is 0 Å². The number of fused-ring (bicyclic) bond motifs is 1. The van der Waals surface area contributed by atoms with E-state index in [1.54, 1.807) is 10.9 Å². The summed E-state index contributed by atoms with van der Waals surface area (Å²) in [5.41, 5.74) is 2.61. The Balaban J connectivity index is 1.64. The number of nitrogens with zero attached hydrogens (tertiary/aromatic N) is 4. The van der Waals surface area contributed by atoms with Gasteiger partial charge in [-0.1, -0.05) is 12.1 Å². The van der Waals surface area contributed by atoms with Gasteiger partial charge >= 0.3 is 0 Å². The normalized spacial score (nSPS) is 18.0. The molecule has 0 aliphatic carbocycles. The third-order valence-electron chi connectivity index (χ3n) is 4.44. The Labute approximate surface area is 134 Å². The van der Waals surface area contributed by atoms with Crippen molar-refractivity contribution in [2.24, 2.45) is 0 Å². The highest BCUT2D eigenvalue weighted by Crippen LogP contribution is 2.32. The Morgan fingerprint density at radius 2 is 2.26 bits per heavy atom. The van der Waals surface area contributed by atoms with Gasteiger partial charge in [-0.25, -0.2) is 4.98 Å². The number of H-pyrrole nitrogens is 1. The van der Waals surface area contributed by atoms with Gasteiger partial charge < -0.3 is 9.88 Å². The summed E-state index contributed by atoms with van der Waals surface area (Å²) in [5.74, 6) is 0.910. The van der Waals surface area contributed by atoms with E-state index in [2.05, 4.69) is 15.1 Å². The zero-order chi connectivity index (χ0) is 15.8. The van der Waals surface area contributed by atoms with Crippen molar-refractivity contribution in [1.82, 2.24) is 24.6 Å². The molecular weight excluding hydrogens is 290 g/mol. The number of carbonyl (C=O) groups is 1. The molecule has 1 atom stereocenters. The molecule has 6 nitrogen and oxygen atoms in total. The van der Waals surface area contributed by atoms with Crippen molar-refractivity contribution in [2.45, 2.75) is 32.4 Å². The minimum atomic E-state index is 0.0138. The first kappa shape index (κ1) is 14.0. The number of benzene rings is 1. The Bertz CT molecular complexity index is 816. The summed E-state index contributed by atoms with van der Waals surface area (Å²) in [6, 6.07) is 7.98. The molecule has 0 radical (unpaired) electrons. The molecule has 1 amide bonds. The summed E-state index contributed by atoms with van der Waals surface area (Å²) >= 11 is 0. The molecule has 4 rings (SSSR count). The molecule has 1 aliphatic heterocycles. The number of hydrogen-bond donors (Lipinski definition) is 1. The van der Waals surface area contributed by atoms with Crippen molar-refractivity contribution in [3.63, 3.8) is 0 Å². The van der Waals surface area contributed by atoms with Crippen molar-refractivity contribution >= 4 is 16.9 Å². The quantitative estimate of drug-likeness (QED) is 0.809. The van der Waals surface area contributed by atoms with Gasteiger partial charge in [-0.3, -0.25) is 9.48 Å². The van der Waals surface area contributed by atoms with Gasteiger partial charge in [-0.15, -0.1) is 0 Å². The summed E-state index contributed by atoms with van der Waals surface area (Å²) in [6.45, 7) is 3.53. The maximum atomic E-state index is 12.8. The van der Waals surface area contributed by atoms with E-state index >= 15 is 0 Å². The molecule has 1 fully saturated rings. The molecule has 118 valence electrons. The molecule has 3 aromatic rings. The predicted octanol–water partition coefficient (Wildman–Crippen LogP) is 2.76. The molecule has 23 heavy (non-hydrogen) atoms. The predicted molar refractivity (Wildman–Crippen MR) is 87.0 cm³/mol. The second-order valence-electron chi connectivity index (χ2n) is 5.88. The summed E-state index contributed by atoms with van der Waals surface area (Å²) in [4.78, 5) is 22.8. The minimum Gasteiger partial charge on any atom is -0.340 e. The van der Waals surface area contributed by atoms with Crippen LogP contribution in [0.1, 0.15) is 42.0 Å². The van der Waals surface area contributed by atoms with E-state index in [4.69, 9.17) is 0 Å². The molecule has 0 saturated carbocycles. The highest BCUT2D eigenvalue weighted by molar-refractivity contribution is 5.94. The summed E-state index contributed by atoms with van der Waals surface area (Å²) in [7, 11) is 0. The van der Waals surface area contributed by atoms with Crippen LogP contribution in [0.4, 0.5) is 0 Å². The number of rotatable bonds is 3. The van der Waals surface area contributed by atoms with E-state index in [-0.39, 0.29) is 11.9 Å². The number of hydrogen-bond acceptors (Lipinski definition) is 3. The van der Waals surface area contributed by atoms with Crippen LogP contribution in [0, 0.1) is 0 Å². The molecule has 2 aromatic heterocycles. The standard InChI is InChI=1S/C17H19N5O/c1-2-21-11-12(10-18-21)17(23)22-9-5-8-15(22)16-19-13-6-3-4-7-14(13)20-16/h3-4,6-7,10-11,15H,2,5,8-9H2,1H3,(H,19,20). The van der Waals surface area contributed by atoms with Crippen LogP contribution in [0.15, 0.2) is 36.7 Å².